The molecule has 0 aliphatic rings. The number of hydrogen-bond acceptors (Lipinski definition) is 1. The van der Waals surface area contributed by atoms with E-state index in [1.165, 1.54) is 7.11 Å². The van der Waals surface area contributed by atoms with Gasteiger partial charge in [0.2, 0.25) is 0 Å². The van der Waals surface area contributed by atoms with Crippen molar-refractivity contribution in [3.8, 4) is 10.9 Å². The Labute approximate surface area is 39.4 Å². The first-order valence-electron chi connectivity index (χ1n) is 1.05. The lowest BCUT2D eigenvalue weighted by molar-refractivity contribution is 0.373. The second-order valence-corrected chi connectivity index (χ2v) is 0.797. The van der Waals surface area contributed by atoms with Crippen molar-refractivity contribution >= 4 is 15.9 Å². The van der Waals surface area contributed by atoms with Gasteiger partial charge in [-0.05, 0) is 0 Å². The lowest BCUT2D eigenvalue weighted by Crippen LogP contribution is -1.57. The molecule has 0 aliphatic carbocycles. The van der Waals surface area contributed by atoms with E-state index < -0.39 is 0 Å². The maximum Gasteiger partial charge on any atom is 0.122 e. The Morgan fingerprint density at radius 1 is 1.80 bits per heavy atom. The topological polar surface area (TPSA) is 9.23 Å². The molecule has 1 nitrogen and oxygen atoms in total. The predicted molar refractivity (Wildman–Crippen MR) is 23.7 cm³/mol. The molecule has 2 heteroatoms. The molecule has 5 heavy (non-hydrogen) atoms. The fourth-order valence-corrected chi connectivity index (χ4v) is 0.200. The van der Waals surface area contributed by atoms with Gasteiger partial charge < -0.3 is 4.74 Å². The molecule has 0 aromatic carbocycles. The monoisotopic (exact) mass is 134 g/mol. The molecule has 0 fully saturated rings. The van der Waals surface area contributed by atoms with Crippen LogP contribution in [-0.4, -0.2) is 7.11 Å². The third kappa shape index (κ3) is 3.84. The van der Waals surface area contributed by atoms with Crippen LogP contribution in [0.4, 0.5) is 0 Å². The highest BCUT2D eigenvalue weighted by atomic mass is 79.9. The molecule has 0 aromatic rings. The normalized spacial score (nSPS) is 4.40. The highest BCUT2D eigenvalue weighted by Gasteiger charge is 1.45. The molecule has 0 unspecified atom stereocenters. The van der Waals surface area contributed by atoms with E-state index in [1.807, 2.05) is 0 Å². The SMILES string of the molecule is COC#CBr. The second-order valence-electron chi connectivity index (χ2n) is 0.401. The van der Waals surface area contributed by atoms with Crippen LogP contribution in [0.1, 0.15) is 0 Å². The highest BCUT2D eigenvalue weighted by Crippen LogP contribution is 1.66. The third-order valence-corrected chi connectivity index (χ3v) is 0.303. The van der Waals surface area contributed by atoms with Crippen molar-refractivity contribution in [2.24, 2.45) is 0 Å². The van der Waals surface area contributed by atoms with Crippen molar-refractivity contribution in [2.75, 3.05) is 7.11 Å². The molecule has 0 aliphatic heterocycles. The van der Waals surface area contributed by atoms with E-state index in [9.17, 15) is 0 Å². The molecule has 0 amide bonds. The van der Waals surface area contributed by atoms with Crippen LogP contribution in [0.5, 0.6) is 0 Å². The highest BCUT2D eigenvalue weighted by molar-refractivity contribution is 9.12. The minimum Gasteiger partial charge on any atom is -0.449 e. The van der Waals surface area contributed by atoms with Crippen LogP contribution in [-0.2, 0) is 4.74 Å². The maximum absolute atomic E-state index is 4.28. The average molecular weight is 135 g/mol. The van der Waals surface area contributed by atoms with Crippen LogP contribution in [0.3, 0.4) is 0 Å². The van der Waals surface area contributed by atoms with Crippen LogP contribution in [0.25, 0.3) is 0 Å². The Bertz CT molecular complexity index is 59.0. The zero-order valence-electron chi connectivity index (χ0n) is 2.79. The average Bonchev–Trinajstić information content (AvgIpc) is 1.41. The van der Waals surface area contributed by atoms with Crippen LogP contribution >= 0.6 is 15.9 Å². The standard InChI is InChI=1S/C3H3BrO/c1-5-3-2-4/h1H3. The summed E-state index contributed by atoms with van der Waals surface area (Å²) in [4.78, 5) is 2.36. The van der Waals surface area contributed by atoms with E-state index in [1.54, 1.807) is 0 Å². The molecular formula is C3H3BrO. The fraction of sp³-hybridized carbons (Fsp3) is 0.333. The van der Waals surface area contributed by atoms with Gasteiger partial charge in [-0.3, -0.25) is 0 Å². The van der Waals surface area contributed by atoms with Gasteiger partial charge in [0.05, 0.1) is 7.11 Å². The van der Waals surface area contributed by atoms with Gasteiger partial charge in [-0.25, -0.2) is 0 Å². The van der Waals surface area contributed by atoms with Crippen LogP contribution < -0.4 is 0 Å². The van der Waals surface area contributed by atoms with E-state index in [4.69, 9.17) is 0 Å². The summed E-state index contributed by atoms with van der Waals surface area (Å²) in [5, 5.41) is 0. The van der Waals surface area contributed by atoms with Crippen molar-refractivity contribution in [1.29, 1.82) is 0 Å². The molecule has 0 radical (unpaired) electrons. The fourth-order valence-electron chi connectivity index (χ4n) is 0.0386. The van der Waals surface area contributed by atoms with Gasteiger partial charge in [-0.2, -0.15) is 0 Å². The summed E-state index contributed by atoms with van der Waals surface area (Å²) in [5.74, 6) is 0. The van der Waals surface area contributed by atoms with E-state index in [2.05, 4.69) is 31.6 Å². The summed E-state index contributed by atoms with van der Waals surface area (Å²) in [5.41, 5.74) is 0. The maximum atomic E-state index is 4.28. The van der Waals surface area contributed by atoms with Crippen molar-refractivity contribution in [1.82, 2.24) is 0 Å². The first-order chi connectivity index (χ1) is 2.41. The number of methoxy groups -OCH3 is 1. The van der Waals surface area contributed by atoms with Crippen molar-refractivity contribution in [2.45, 2.75) is 0 Å². The Hall–Kier alpha value is -0.160. The predicted octanol–water partition coefficient (Wildman–Crippen LogP) is 0.946. The van der Waals surface area contributed by atoms with Crippen molar-refractivity contribution in [3.05, 3.63) is 0 Å². The summed E-state index contributed by atoms with van der Waals surface area (Å²) < 4.78 is 4.28. The Kier molecular flexibility index (Phi) is 3.72. The molecule has 0 rings (SSSR count). The van der Waals surface area contributed by atoms with Gasteiger partial charge in [-0.15, -0.1) is 0 Å². The molecule has 28 valence electrons. The first-order valence-corrected chi connectivity index (χ1v) is 1.84. The minimum absolute atomic E-state index is 1.51. The Morgan fingerprint density at radius 2 is 2.40 bits per heavy atom. The summed E-state index contributed by atoms with van der Waals surface area (Å²) in [6.07, 6.45) is 2.28. The number of rotatable bonds is 0. The lowest BCUT2D eigenvalue weighted by atomic mass is 11.3. The number of ether oxygens (including phenoxy) is 1. The van der Waals surface area contributed by atoms with Crippen molar-refractivity contribution in [3.63, 3.8) is 0 Å². The van der Waals surface area contributed by atoms with Crippen LogP contribution in [0.15, 0.2) is 0 Å². The van der Waals surface area contributed by atoms with Gasteiger partial charge in [-0.1, -0.05) is 0 Å². The second kappa shape index (κ2) is 3.84. The van der Waals surface area contributed by atoms with Gasteiger partial charge in [0.15, 0.2) is 0 Å². The van der Waals surface area contributed by atoms with E-state index >= 15 is 0 Å². The summed E-state index contributed by atoms with van der Waals surface area (Å²) in [6, 6.07) is 0. The molecule has 0 heterocycles. The zero-order valence-corrected chi connectivity index (χ0v) is 4.37. The molecule has 0 saturated heterocycles. The molecule has 0 spiro atoms. The van der Waals surface area contributed by atoms with Gasteiger partial charge in [0, 0.05) is 20.8 Å². The minimum atomic E-state index is 1.51. The van der Waals surface area contributed by atoms with Gasteiger partial charge >= 0.3 is 0 Å². The molecule has 0 N–H and O–H groups in total. The van der Waals surface area contributed by atoms with E-state index in [-0.39, 0.29) is 0 Å². The molecular weight excluding hydrogens is 132 g/mol. The number of halogens is 1. The van der Waals surface area contributed by atoms with Crippen LogP contribution in [0.2, 0.25) is 0 Å². The Morgan fingerprint density at radius 3 is 2.40 bits per heavy atom. The largest absolute Gasteiger partial charge is 0.449 e. The summed E-state index contributed by atoms with van der Waals surface area (Å²) in [6.45, 7) is 0. The molecule has 0 saturated carbocycles. The summed E-state index contributed by atoms with van der Waals surface area (Å²) >= 11 is 2.82. The van der Waals surface area contributed by atoms with Gasteiger partial charge in [0.25, 0.3) is 0 Å². The quantitative estimate of drug-likeness (QED) is 0.449. The van der Waals surface area contributed by atoms with E-state index in [0.29, 0.717) is 0 Å². The third-order valence-electron chi connectivity index (χ3n) is 0.141. The zero-order chi connectivity index (χ0) is 4.12. The van der Waals surface area contributed by atoms with E-state index in [0.717, 1.165) is 0 Å². The van der Waals surface area contributed by atoms with Gasteiger partial charge in [0.1, 0.15) is 6.11 Å². The smallest absolute Gasteiger partial charge is 0.122 e. The lowest BCUT2D eigenvalue weighted by Gasteiger charge is -1.68. The first kappa shape index (κ1) is 4.84. The van der Waals surface area contributed by atoms with Crippen molar-refractivity contribution < 1.29 is 4.74 Å². The molecule has 0 atom stereocenters. The van der Waals surface area contributed by atoms with Crippen LogP contribution in [0, 0.1) is 10.9 Å². The molecule has 0 aromatic heterocycles. The number of hydrogen-bond donors (Lipinski definition) is 0. The Balaban J connectivity index is 2.81. The summed E-state index contributed by atoms with van der Waals surface area (Å²) in [7, 11) is 1.51. The molecule has 0 bridgehead atoms.